The van der Waals surface area contributed by atoms with E-state index in [1.807, 2.05) is 0 Å². The van der Waals surface area contributed by atoms with E-state index in [1.165, 1.54) is 218 Å². The van der Waals surface area contributed by atoms with E-state index in [1.54, 1.807) is 0 Å². The fourth-order valence-corrected chi connectivity index (χ4v) is 8.97. The van der Waals surface area contributed by atoms with Crippen LogP contribution in [0, 0.1) is 0 Å². The summed E-state index contributed by atoms with van der Waals surface area (Å²) in [5.74, 6) is -0.389. The predicted octanol–water partition coefficient (Wildman–Crippen LogP) is 21.2. The van der Waals surface area contributed by atoms with Crippen LogP contribution in [-0.2, 0) is 23.8 Å². The second-order valence-corrected chi connectivity index (χ2v) is 20.6. The van der Waals surface area contributed by atoms with Crippen molar-refractivity contribution in [3.63, 3.8) is 0 Å². The molecular weight excluding hydrogens is 861 g/mol. The number of carbonyl (C=O) groups excluding carboxylic acids is 2. The largest absolute Gasteiger partial charge is 0.462 e. The van der Waals surface area contributed by atoms with Crippen LogP contribution in [0.1, 0.15) is 316 Å². The van der Waals surface area contributed by atoms with E-state index >= 15 is 0 Å². The third kappa shape index (κ3) is 58.2. The minimum Gasteiger partial charge on any atom is -0.462 e. The highest BCUT2D eigenvalue weighted by Crippen LogP contribution is 2.16. The maximum absolute atomic E-state index is 12.9. The summed E-state index contributed by atoms with van der Waals surface area (Å²) in [5, 5.41) is 0. The van der Waals surface area contributed by atoms with Gasteiger partial charge in [0.1, 0.15) is 6.61 Å². The Balaban J connectivity index is 4.26. The monoisotopic (exact) mass is 979 g/mol. The summed E-state index contributed by atoms with van der Waals surface area (Å²) in [6, 6.07) is 0. The number of rotatable bonds is 57. The molecule has 0 amide bonds. The molecule has 0 saturated carbocycles. The molecule has 0 aliphatic heterocycles. The first kappa shape index (κ1) is 67.6. The molecule has 0 aromatic rings. The lowest BCUT2D eigenvalue weighted by Crippen LogP contribution is -2.30. The van der Waals surface area contributed by atoms with Crippen molar-refractivity contribution in [1.82, 2.24) is 0 Å². The smallest absolute Gasteiger partial charge is 0.306 e. The van der Waals surface area contributed by atoms with Crippen LogP contribution in [0.15, 0.2) is 60.8 Å². The standard InChI is InChI=1S/C65H118O5/c1-4-7-10-13-16-19-22-25-28-30-32-34-36-39-42-45-48-51-54-57-60-68-61-63(70-65(67)59-56-53-50-47-44-41-37-27-24-21-18-15-12-9-6-3)62-69-64(66)58-55-52-49-46-43-40-38-35-33-31-29-26-23-20-17-14-11-8-5-2/h7,10,16,19,25-26,28-29,32,34,63H,4-6,8-9,11-15,17-18,20-24,27,30-31,33,35-62H2,1-3H3/b10-7-,19-16-,28-25-,29-26-,34-32-. The lowest BCUT2D eigenvalue weighted by atomic mass is 10.0. The third-order valence-corrected chi connectivity index (χ3v) is 13.5. The van der Waals surface area contributed by atoms with Crippen LogP contribution in [0.2, 0.25) is 0 Å². The number of carbonyl (C=O) groups is 2. The van der Waals surface area contributed by atoms with E-state index in [-0.39, 0.29) is 25.2 Å². The summed E-state index contributed by atoms with van der Waals surface area (Å²) < 4.78 is 17.5. The molecule has 408 valence electrons. The van der Waals surface area contributed by atoms with E-state index in [4.69, 9.17) is 14.2 Å². The summed E-state index contributed by atoms with van der Waals surface area (Å²) in [4.78, 5) is 25.6. The van der Waals surface area contributed by atoms with Crippen molar-refractivity contribution in [2.24, 2.45) is 0 Å². The van der Waals surface area contributed by atoms with Gasteiger partial charge in [-0.2, -0.15) is 0 Å². The Bertz CT molecular complexity index is 1200. The van der Waals surface area contributed by atoms with Gasteiger partial charge >= 0.3 is 11.9 Å². The molecule has 0 aromatic carbocycles. The predicted molar refractivity (Wildman–Crippen MR) is 307 cm³/mol. The van der Waals surface area contributed by atoms with E-state index < -0.39 is 6.10 Å². The zero-order valence-corrected chi connectivity index (χ0v) is 47.0. The summed E-state index contributed by atoms with van der Waals surface area (Å²) in [5.41, 5.74) is 0. The van der Waals surface area contributed by atoms with Gasteiger partial charge < -0.3 is 14.2 Å². The van der Waals surface area contributed by atoms with Crippen molar-refractivity contribution in [2.75, 3.05) is 19.8 Å². The van der Waals surface area contributed by atoms with Crippen LogP contribution >= 0.6 is 0 Å². The fraction of sp³-hybridized carbons (Fsp3) is 0.815. The lowest BCUT2D eigenvalue weighted by Gasteiger charge is -2.18. The Morgan fingerprint density at radius 1 is 0.329 bits per heavy atom. The molecule has 0 aromatic heterocycles. The number of unbranched alkanes of at least 4 members (excludes halogenated alkanes) is 36. The summed E-state index contributed by atoms with van der Waals surface area (Å²) >= 11 is 0. The quantitative estimate of drug-likeness (QED) is 0.0345. The maximum atomic E-state index is 12.9. The van der Waals surface area contributed by atoms with Gasteiger partial charge in [-0.1, -0.05) is 281 Å². The van der Waals surface area contributed by atoms with Crippen molar-refractivity contribution >= 4 is 11.9 Å². The molecule has 0 aliphatic carbocycles. The minimum absolute atomic E-state index is 0.0826. The van der Waals surface area contributed by atoms with Crippen LogP contribution in [0.3, 0.4) is 0 Å². The molecule has 70 heavy (non-hydrogen) atoms. The second-order valence-electron chi connectivity index (χ2n) is 20.6. The first-order valence-electron chi connectivity index (χ1n) is 30.8. The van der Waals surface area contributed by atoms with Crippen LogP contribution in [0.25, 0.3) is 0 Å². The topological polar surface area (TPSA) is 61.8 Å². The van der Waals surface area contributed by atoms with Crippen molar-refractivity contribution in [3.8, 4) is 0 Å². The third-order valence-electron chi connectivity index (χ3n) is 13.5. The van der Waals surface area contributed by atoms with Gasteiger partial charge in [0.05, 0.1) is 6.61 Å². The Kier molecular flexibility index (Phi) is 58.8. The van der Waals surface area contributed by atoms with Gasteiger partial charge in [-0.25, -0.2) is 0 Å². The summed E-state index contributed by atoms with van der Waals surface area (Å²) in [6.45, 7) is 7.74. The first-order valence-corrected chi connectivity index (χ1v) is 30.8. The van der Waals surface area contributed by atoms with Crippen LogP contribution in [0.5, 0.6) is 0 Å². The molecule has 0 radical (unpaired) electrons. The van der Waals surface area contributed by atoms with Gasteiger partial charge in [-0.05, 0) is 83.5 Å². The highest BCUT2D eigenvalue weighted by Gasteiger charge is 2.17. The first-order chi connectivity index (χ1) is 34.6. The zero-order valence-electron chi connectivity index (χ0n) is 47.0. The van der Waals surface area contributed by atoms with Gasteiger partial charge in [0.15, 0.2) is 6.10 Å². The van der Waals surface area contributed by atoms with E-state index in [9.17, 15) is 9.59 Å². The van der Waals surface area contributed by atoms with Crippen molar-refractivity contribution in [2.45, 2.75) is 322 Å². The van der Waals surface area contributed by atoms with Crippen molar-refractivity contribution < 1.29 is 23.8 Å². The summed E-state index contributed by atoms with van der Waals surface area (Å²) in [7, 11) is 0. The Labute approximate surface area is 436 Å². The van der Waals surface area contributed by atoms with Crippen LogP contribution in [0.4, 0.5) is 0 Å². The average molecular weight is 980 g/mol. The second kappa shape index (κ2) is 60.9. The van der Waals surface area contributed by atoms with Crippen LogP contribution < -0.4 is 0 Å². The number of hydrogen-bond acceptors (Lipinski definition) is 5. The van der Waals surface area contributed by atoms with E-state index in [0.717, 1.165) is 64.2 Å². The normalized spacial score (nSPS) is 12.6. The van der Waals surface area contributed by atoms with Crippen molar-refractivity contribution in [3.05, 3.63) is 60.8 Å². The number of allylic oxidation sites excluding steroid dienone is 10. The lowest BCUT2D eigenvalue weighted by molar-refractivity contribution is -0.163. The van der Waals surface area contributed by atoms with Crippen LogP contribution in [-0.4, -0.2) is 37.9 Å². The number of hydrogen-bond donors (Lipinski definition) is 0. The SMILES string of the molecule is CC/C=C\C/C=C\C/C=C\C/C=C\CCCCCCCCCOCC(COC(=O)CCCCCCCCCCC/C=C\CCCCCCCC)OC(=O)CCCCCCCCCCCCCCCCC. The molecule has 0 bridgehead atoms. The minimum atomic E-state index is -0.542. The molecule has 0 rings (SSSR count). The molecule has 1 unspecified atom stereocenters. The highest BCUT2D eigenvalue weighted by atomic mass is 16.6. The average Bonchev–Trinajstić information content (AvgIpc) is 3.36. The Morgan fingerprint density at radius 2 is 0.643 bits per heavy atom. The molecule has 0 fully saturated rings. The molecule has 1 atom stereocenters. The molecular formula is C65H118O5. The van der Waals surface area contributed by atoms with Gasteiger partial charge in [0.2, 0.25) is 0 Å². The molecule has 0 N–H and O–H groups in total. The molecule has 5 heteroatoms. The van der Waals surface area contributed by atoms with Gasteiger partial charge in [0, 0.05) is 19.4 Å². The maximum Gasteiger partial charge on any atom is 0.306 e. The van der Waals surface area contributed by atoms with E-state index in [2.05, 4.69) is 81.5 Å². The molecule has 0 aliphatic rings. The molecule has 0 spiro atoms. The fourth-order valence-electron chi connectivity index (χ4n) is 8.97. The van der Waals surface area contributed by atoms with Gasteiger partial charge in [-0.3, -0.25) is 9.59 Å². The van der Waals surface area contributed by atoms with Crippen molar-refractivity contribution in [1.29, 1.82) is 0 Å². The Morgan fingerprint density at radius 3 is 1.04 bits per heavy atom. The van der Waals surface area contributed by atoms with Gasteiger partial charge in [-0.15, -0.1) is 0 Å². The number of ether oxygens (including phenoxy) is 3. The van der Waals surface area contributed by atoms with E-state index in [0.29, 0.717) is 19.4 Å². The number of esters is 2. The zero-order chi connectivity index (χ0) is 50.6. The molecule has 0 saturated heterocycles. The Hall–Kier alpha value is -2.40. The molecule has 5 nitrogen and oxygen atoms in total. The highest BCUT2D eigenvalue weighted by molar-refractivity contribution is 5.70. The van der Waals surface area contributed by atoms with Gasteiger partial charge in [0.25, 0.3) is 0 Å². The summed E-state index contributed by atoms with van der Waals surface area (Å²) in [6.07, 6.45) is 78.2. The molecule has 0 heterocycles.